The summed E-state index contributed by atoms with van der Waals surface area (Å²) < 4.78 is 39.1. The van der Waals surface area contributed by atoms with Gasteiger partial charge < -0.3 is 14.8 Å². The van der Waals surface area contributed by atoms with E-state index in [2.05, 4.69) is 5.32 Å². The predicted molar refractivity (Wildman–Crippen MR) is 111 cm³/mol. The zero-order chi connectivity index (χ0) is 21.5. The summed E-state index contributed by atoms with van der Waals surface area (Å²) in [7, 11) is 0. The number of rotatable bonds is 8. The van der Waals surface area contributed by atoms with Crippen molar-refractivity contribution in [2.24, 2.45) is 5.92 Å². The van der Waals surface area contributed by atoms with Crippen LogP contribution in [0.3, 0.4) is 0 Å². The average Bonchev–Trinajstić information content (AvgIpc) is 2.72. The maximum Gasteiger partial charge on any atom is 0.329 e. The molecule has 3 aromatic carbocycles. The van der Waals surface area contributed by atoms with Crippen LogP contribution >= 0.6 is 0 Å². The minimum absolute atomic E-state index is 0.00940. The third-order valence-corrected chi connectivity index (χ3v) is 4.44. The third-order valence-electron chi connectivity index (χ3n) is 4.44. The molecule has 3 aromatic rings. The van der Waals surface area contributed by atoms with Crippen LogP contribution in [0.1, 0.15) is 19.4 Å². The fraction of sp³-hybridized carbons (Fsp3) is 0.208. The van der Waals surface area contributed by atoms with Gasteiger partial charge in [0, 0.05) is 0 Å². The highest BCUT2D eigenvalue weighted by molar-refractivity contribution is 5.79. The summed E-state index contributed by atoms with van der Waals surface area (Å²) in [5.74, 6) is -1.06. The lowest BCUT2D eigenvalue weighted by molar-refractivity contribution is -0.146. The molecule has 6 heteroatoms. The van der Waals surface area contributed by atoms with Crippen LogP contribution in [-0.2, 0) is 16.1 Å². The Morgan fingerprint density at radius 3 is 2.20 bits per heavy atom. The third kappa shape index (κ3) is 5.56. The van der Waals surface area contributed by atoms with Crippen LogP contribution in [0.25, 0.3) is 0 Å². The van der Waals surface area contributed by atoms with Gasteiger partial charge in [-0.1, -0.05) is 50.2 Å². The van der Waals surface area contributed by atoms with Crippen LogP contribution in [-0.4, -0.2) is 12.0 Å². The van der Waals surface area contributed by atoms with E-state index in [-0.39, 0.29) is 18.2 Å². The van der Waals surface area contributed by atoms with Crippen molar-refractivity contribution in [1.82, 2.24) is 0 Å². The molecule has 1 N–H and O–H groups in total. The van der Waals surface area contributed by atoms with E-state index in [1.165, 1.54) is 6.07 Å². The van der Waals surface area contributed by atoms with Crippen LogP contribution in [0, 0.1) is 17.6 Å². The molecule has 0 bridgehead atoms. The van der Waals surface area contributed by atoms with Gasteiger partial charge >= 0.3 is 5.97 Å². The van der Waals surface area contributed by atoms with Gasteiger partial charge in [-0.05, 0) is 47.9 Å². The van der Waals surface area contributed by atoms with E-state index in [4.69, 9.17) is 9.47 Å². The second kappa shape index (κ2) is 9.87. The molecule has 4 nitrogen and oxygen atoms in total. The first-order valence-electron chi connectivity index (χ1n) is 9.63. The summed E-state index contributed by atoms with van der Waals surface area (Å²) in [5, 5.41) is 2.65. The number of hydrogen-bond donors (Lipinski definition) is 1. The molecular formula is C24H23F2NO3. The van der Waals surface area contributed by atoms with Crippen molar-refractivity contribution in [2.45, 2.75) is 26.5 Å². The highest BCUT2D eigenvalue weighted by Gasteiger charge is 2.26. The monoisotopic (exact) mass is 411 g/mol. The molecule has 0 saturated heterocycles. The molecule has 1 atom stereocenters. The van der Waals surface area contributed by atoms with Gasteiger partial charge in [-0.2, -0.15) is 0 Å². The molecular weight excluding hydrogens is 388 g/mol. The Hall–Kier alpha value is -3.41. The number of halogens is 2. The highest BCUT2D eigenvalue weighted by atomic mass is 19.1. The Kier molecular flexibility index (Phi) is 7.01. The van der Waals surface area contributed by atoms with Gasteiger partial charge in [-0.3, -0.25) is 0 Å². The number of nitrogens with one attached hydrogen (secondary N) is 1. The summed E-state index contributed by atoms with van der Waals surface area (Å²) in [6.07, 6.45) is 0. The minimum atomic E-state index is -0.903. The van der Waals surface area contributed by atoms with Crippen LogP contribution in [0.2, 0.25) is 0 Å². The number of ether oxygens (including phenoxy) is 2. The standard InChI is InChI=1S/C24H23F2NO3/c1-16(2)22(27-23-20(25)12-7-13-21(23)26)24(28)29-15-17-8-6-11-19(14-17)30-18-9-4-3-5-10-18/h3-14,16,22,27H,15H2,1-2H3. The maximum absolute atomic E-state index is 13.9. The van der Waals surface area contributed by atoms with Gasteiger partial charge in [-0.25, -0.2) is 13.6 Å². The summed E-state index contributed by atoms with van der Waals surface area (Å²) in [5.41, 5.74) is 0.391. The summed E-state index contributed by atoms with van der Waals surface area (Å²) in [6, 6.07) is 19.1. The van der Waals surface area contributed by atoms with Crippen molar-refractivity contribution in [2.75, 3.05) is 5.32 Å². The molecule has 0 fully saturated rings. The van der Waals surface area contributed by atoms with Crippen molar-refractivity contribution in [1.29, 1.82) is 0 Å². The second-order valence-electron chi connectivity index (χ2n) is 7.13. The molecule has 3 rings (SSSR count). The normalized spacial score (nSPS) is 11.8. The van der Waals surface area contributed by atoms with Crippen molar-refractivity contribution in [3.8, 4) is 11.5 Å². The number of hydrogen-bond acceptors (Lipinski definition) is 4. The van der Waals surface area contributed by atoms with Crippen molar-refractivity contribution in [3.63, 3.8) is 0 Å². The van der Waals surface area contributed by atoms with E-state index < -0.39 is 23.6 Å². The highest BCUT2D eigenvalue weighted by Crippen LogP contribution is 2.24. The van der Waals surface area contributed by atoms with Crippen LogP contribution in [0.5, 0.6) is 11.5 Å². The Morgan fingerprint density at radius 1 is 0.900 bits per heavy atom. The first-order chi connectivity index (χ1) is 14.4. The predicted octanol–water partition coefficient (Wildman–Crippen LogP) is 5.94. The Morgan fingerprint density at radius 2 is 1.53 bits per heavy atom. The molecule has 0 amide bonds. The molecule has 0 saturated carbocycles. The molecule has 0 aromatic heterocycles. The lowest BCUT2D eigenvalue weighted by Crippen LogP contribution is -2.36. The first kappa shape index (κ1) is 21.3. The number of para-hydroxylation sites is 2. The largest absolute Gasteiger partial charge is 0.459 e. The lowest BCUT2D eigenvalue weighted by Gasteiger charge is -2.22. The van der Waals surface area contributed by atoms with Crippen LogP contribution < -0.4 is 10.1 Å². The van der Waals surface area contributed by atoms with Gasteiger partial charge in [-0.15, -0.1) is 0 Å². The van der Waals surface area contributed by atoms with E-state index >= 15 is 0 Å². The molecule has 0 aliphatic heterocycles. The first-order valence-corrected chi connectivity index (χ1v) is 9.63. The maximum atomic E-state index is 13.9. The van der Waals surface area contributed by atoms with Gasteiger partial charge in [0.25, 0.3) is 0 Å². The summed E-state index contributed by atoms with van der Waals surface area (Å²) >= 11 is 0. The molecule has 1 unspecified atom stereocenters. The molecule has 156 valence electrons. The Labute approximate surface area is 174 Å². The smallest absolute Gasteiger partial charge is 0.329 e. The SMILES string of the molecule is CC(C)C(Nc1c(F)cccc1F)C(=O)OCc1cccc(Oc2ccccc2)c1. The van der Waals surface area contributed by atoms with Crippen molar-refractivity contribution < 1.29 is 23.0 Å². The zero-order valence-electron chi connectivity index (χ0n) is 16.8. The average molecular weight is 411 g/mol. The number of carbonyl (C=O) groups is 1. The van der Waals surface area contributed by atoms with Gasteiger partial charge in [0.2, 0.25) is 0 Å². The van der Waals surface area contributed by atoms with Crippen molar-refractivity contribution >= 4 is 11.7 Å². The number of anilines is 1. The fourth-order valence-corrected chi connectivity index (χ4v) is 2.86. The summed E-state index contributed by atoms with van der Waals surface area (Å²) in [6.45, 7) is 3.55. The topological polar surface area (TPSA) is 47.6 Å². The summed E-state index contributed by atoms with van der Waals surface area (Å²) in [4.78, 5) is 12.6. The molecule has 0 aliphatic carbocycles. The lowest BCUT2D eigenvalue weighted by atomic mass is 10.0. The van der Waals surface area contributed by atoms with Gasteiger partial charge in [0.05, 0.1) is 0 Å². The van der Waals surface area contributed by atoms with Crippen LogP contribution in [0.15, 0.2) is 72.8 Å². The van der Waals surface area contributed by atoms with E-state index in [0.29, 0.717) is 11.5 Å². The van der Waals surface area contributed by atoms with E-state index in [9.17, 15) is 13.6 Å². The molecule has 0 spiro atoms. The molecule has 0 radical (unpaired) electrons. The fourth-order valence-electron chi connectivity index (χ4n) is 2.86. The van der Waals surface area contributed by atoms with Crippen molar-refractivity contribution in [3.05, 3.63) is 90.0 Å². The quantitative estimate of drug-likeness (QED) is 0.466. The Balaban J connectivity index is 1.65. The number of benzene rings is 3. The molecule has 30 heavy (non-hydrogen) atoms. The van der Waals surface area contributed by atoms with Gasteiger partial charge in [0.1, 0.15) is 41.5 Å². The number of carbonyl (C=O) groups excluding carboxylic acids is 1. The minimum Gasteiger partial charge on any atom is -0.459 e. The van der Waals surface area contributed by atoms with Crippen LogP contribution in [0.4, 0.5) is 14.5 Å². The molecule has 0 heterocycles. The molecule has 0 aliphatic rings. The second-order valence-corrected chi connectivity index (χ2v) is 7.13. The van der Waals surface area contributed by atoms with E-state index in [0.717, 1.165) is 17.7 Å². The van der Waals surface area contributed by atoms with E-state index in [1.807, 2.05) is 30.3 Å². The van der Waals surface area contributed by atoms with E-state index in [1.54, 1.807) is 38.1 Å². The number of esters is 1. The Bertz CT molecular complexity index is 973. The van der Waals surface area contributed by atoms with Gasteiger partial charge in [0.15, 0.2) is 0 Å². The zero-order valence-corrected chi connectivity index (χ0v) is 16.8.